The average Bonchev–Trinajstić information content (AvgIpc) is 2.73. The van der Waals surface area contributed by atoms with Crippen LogP contribution in [-0.4, -0.2) is 36.6 Å². The van der Waals surface area contributed by atoms with Crippen LogP contribution in [0.2, 0.25) is 0 Å². The van der Waals surface area contributed by atoms with Crippen LogP contribution in [-0.2, 0) is 0 Å². The molecule has 2 aromatic rings. The number of carbonyl (C=O) groups excluding carboxylic acids is 1. The van der Waals surface area contributed by atoms with Gasteiger partial charge in [0.25, 0.3) is 5.91 Å². The molecule has 0 saturated carbocycles. The second kappa shape index (κ2) is 7.50. The number of hydrogen-bond acceptors (Lipinski definition) is 3. The standard InChI is InChI=1S/C24H29NO3/c1-17(2)20-16-24(28-22-11-7-4-8-18(20)22)12-14-25(15-13-24)23(26)19-9-5-6-10-21(19)27-3/h4-11,17,20H,12-16H2,1-3H3. The van der Waals surface area contributed by atoms with Crippen molar-refractivity contribution in [2.75, 3.05) is 20.2 Å². The molecular formula is C24H29NO3. The van der Waals surface area contributed by atoms with E-state index in [0.29, 0.717) is 36.2 Å². The molecule has 0 aromatic heterocycles. The Labute approximate surface area is 167 Å². The SMILES string of the molecule is COc1ccccc1C(=O)N1CCC2(CC1)CC(C(C)C)c1ccccc1O2. The maximum atomic E-state index is 13.0. The Kier molecular flexibility index (Phi) is 5.05. The zero-order valence-corrected chi connectivity index (χ0v) is 17.0. The molecule has 0 N–H and O–H groups in total. The molecule has 1 spiro atoms. The molecule has 1 unspecified atom stereocenters. The molecule has 1 saturated heterocycles. The molecule has 4 rings (SSSR count). The minimum Gasteiger partial charge on any atom is -0.496 e. The summed E-state index contributed by atoms with van der Waals surface area (Å²) >= 11 is 0. The number of nitrogens with zero attached hydrogens (tertiary/aromatic N) is 1. The van der Waals surface area contributed by atoms with Crippen LogP contribution in [0.5, 0.6) is 11.5 Å². The number of amides is 1. The number of fused-ring (bicyclic) bond motifs is 1. The third kappa shape index (κ3) is 3.36. The fourth-order valence-electron chi connectivity index (χ4n) is 4.68. The number of methoxy groups -OCH3 is 1. The zero-order chi connectivity index (χ0) is 19.7. The van der Waals surface area contributed by atoms with E-state index in [1.54, 1.807) is 7.11 Å². The van der Waals surface area contributed by atoms with Crippen LogP contribution in [0.25, 0.3) is 0 Å². The van der Waals surface area contributed by atoms with Gasteiger partial charge in [0.2, 0.25) is 0 Å². The van der Waals surface area contributed by atoms with Gasteiger partial charge in [0.05, 0.1) is 12.7 Å². The summed E-state index contributed by atoms with van der Waals surface area (Å²) < 4.78 is 11.9. The molecule has 0 aliphatic carbocycles. The number of ether oxygens (including phenoxy) is 2. The van der Waals surface area contributed by atoms with Crippen molar-refractivity contribution >= 4 is 5.91 Å². The molecule has 1 atom stereocenters. The predicted molar refractivity (Wildman–Crippen MR) is 110 cm³/mol. The van der Waals surface area contributed by atoms with Gasteiger partial charge in [0.15, 0.2) is 0 Å². The van der Waals surface area contributed by atoms with Crippen molar-refractivity contribution in [3.8, 4) is 11.5 Å². The number of piperidine rings is 1. The van der Waals surface area contributed by atoms with Crippen molar-refractivity contribution in [2.24, 2.45) is 5.92 Å². The molecular weight excluding hydrogens is 350 g/mol. The quantitative estimate of drug-likeness (QED) is 0.762. The van der Waals surface area contributed by atoms with Crippen molar-refractivity contribution in [3.63, 3.8) is 0 Å². The highest BCUT2D eigenvalue weighted by atomic mass is 16.5. The molecule has 4 heteroatoms. The van der Waals surface area contributed by atoms with Crippen LogP contribution >= 0.6 is 0 Å². The average molecular weight is 380 g/mol. The Morgan fingerprint density at radius 2 is 1.79 bits per heavy atom. The Hall–Kier alpha value is -2.49. The van der Waals surface area contributed by atoms with E-state index in [2.05, 4.69) is 38.1 Å². The highest BCUT2D eigenvalue weighted by molar-refractivity contribution is 5.97. The summed E-state index contributed by atoms with van der Waals surface area (Å²) in [6, 6.07) is 15.9. The van der Waals surface area contributed by atoms with Gasteiger partial charge in [0.1, 0.15) is 17.1 Å². The predicted octanol–water partition coefficient (Wildman–Crippen LogP) is 4.89. The van der Waals surface area contributed by atoms with Crippen molar-refractivity contribution < 1.29 is 14.3 Å². The Balaban J connectivity index is 1.51. The Morgan fingerprint density at radius 1 is 1.11 bits per heavy atom. The first-order chi connectivity index (χ1) is 13.5. The van der Waals surface area contributed by atoms with Gasteiger partial charge in [0, 0.05) is 25.9 Å². The summed E-state index contributed by atoms with van der Waals surface area (Å²) in [6.45, 7) is 6.01. The van der Waals surface area contributed by atoms with E-state index in [9.17, 15) is 4.79 Å². The summed E-state index contributed by atoms with van der Waals surface area (Å²) in [5.74, 6) is 2.77. The largest absolute Gasteiger partial charge is 0.496 e. The van der Waals surface area contributed by atoms with Gasteiger partial charge in [-0.2, -0.15) is 0 Å². The molecule has 2 heterocycles. The number of carbonyl (C=O) groups is 1. The van der Waals surface area contributed by atoms with Crippen molar-refractivity contribution in [3.05, 3.63) is 59.7 Å². The first-order valence-electron chi connectivity index (χ1n) is 10.2. The number of para-hydroxylation sites is 2. The Bertz CT molecular complexity index is 852. The van der Waals surface area contributed by atoms with Gasteiger partial charge in [-0.15, -0.1) is 0 Å². The summed E-state index contributed by atoms with van der Waals surface area (Å²) in [6.07, 6.45) is 2.76. The van der Waals surface area contributed by atoms with Crippen LogP contribution < -0.4 is 9.47 Å². The minimum absolute atomic E-state index is 0.0453. The molecule has 148 valence electrons. The smallest absolute Gasteiger partial charge is 0.257 e. The molecule has 2 aromatic carbocycles. The van der Waals surface area contributed by atoms with Gasteiger partial charge < -0.3 is 14.4 Å². The number of likely N-dealkylation sites (tertiary alicyclic amines) is 1. The fraction of sp³-hybridized carbons (Fsp3) is 0.458. The number of rotatable bonds is 3. The van der Waals surface area contributed by atoms with E-state index in [4.69, 9.17) is 9.47 Å². The first kappa shape index (κ1) is 18.9. The number of benzene rings is 2. The molecule has 1 fully saturated rings. The molecule has 2 aliphatic rings. The van der Waals surface area contributed by atoms with Gasteiger partial charge in [-0.25, -0.2) is 0 Å². The summed E-state index contributed by atoms with van der Waals surface area (Å²) in [7, 11) is 1.61. The summed E-state index contributed by atoms with van der Waals surface area (Å²) in [4.78, 5) is 15.0. The lowest BCUT2D eigenvalue weighted by Gasteiger charge is -2.47. The third-order valence-electron chi connectivity index (χ3n) is 6.34. The molecule has 1 amide bonds. The molecule has 0 bridgehead atoms. The monoisotopic (exact) mass is 379 g/mol. The van der Waals surface area contributed by atoms with Crippen molar-refractivity contribution in [2.45, 2.75) is 44.6 Å². The topological polar surface area (TPSA) is 38.8 Å². The third-order valence-corrected chi connectivity index (χ3v) is 6.34. The summed E-state index contributed by atoms with van der Waals surface area (Å²) in [5, 5.41) is 0. The van der Waals surface area contributed by atoms with Gasteiger partial charge in [-0.3, -0.25) is 4.79 Å². The fourth-order valence-corrected chi connectivity index (χ4v) is 4.68. The van der Waals surface area contributed by atoms with E-state index in [1.807, 2.05) is 29.2 Å². The lowest BCUT2D eigenvalue weighted by molar-refractivity contribution is -0.0221. The van der Waals surface area contributed by atoms with Gasteiger partial charge in [-0.05, 0) is 42.0 Å². The van der Waals surface area contributed by atoms with E-state index in [1.165, 1.54) is 5.56 Å². The second-order valence-electron chi connectivity index (χ2n) is 8.37. The van der Waals surface area contributed by atoms with E-state index in [-0.39, 0.29) is 11.5 Å². The van der Waals surface area contributed by atoms with Crippen molar-refractivity contribution in [1.82, 2.24) is 4.90 Å². The maximum Gasteiger partial charge on any atom is 0.257 e. The lowest BCUT2D eigenvalue weighted by atomic mass is 9.73. The van der Waals surface area contributed by atoms with Crippen LogP contribution in [0.4, 0.5) is 0 Å². The molecule has 28 heavy (non-hydrogen) atoms. The van der Waals surface area contributed by atoms with Crippen LogP contribution in [0.15, 0.2) is 48.5 Å². The van der Waals surface area contributed by atoms with Crippen LogP contribution in [0.1, 0.15) is 54.9 Å². The van der Waals surface area contributed by atoms with Gasteiger partial charge in [-0.1, -0.05) is 44.2 Å². The molecule has 2 aliphatic heterocycles. The number of hydrogen-bond donors (Lipinski definition) is 0. The highest BCUT2D eigenvalue weighted by Gasteiger charge is 2.44. The van der Waals surface area contributed by atoms with Crippen molar-refractivity contribution in [1.29, 1.82) is 0 Å². The van der Waals surface area contributed by atoms with Gasteiger partial charge >= 0.3 is 0 Å². The summed E-state index contributed by atoms with van der Waals surface area (Å²) in [5.41, 5.74) is 1.80. The second-order valence-corrected chi connectivity index (χ2v) is 8.37. The minimum atomic E-state index is -0.166. The normalized spacial score (nSPS) is 20.6. The Morgan fingerprint density at radius 3 is 2.50 bits per heavy atom. The lowest BCUT2D eigenvalue weighted by Crippen LogP contribution is -2.52. The molecule has 4 nitrogen and oxygen atoms in total. The van der Waals surface area contributed by atoms with E-state index >= 15 is 0 Å². The van der Waals surface area contributed by atoms with E-state index < -0.39 is 0 Å². The van der Waals surface area contributed by atoms with Crippen LogP contribution in [0, 0.1) is 5.92 Å². The van der Waals surface area contributed by atoms with Crippen LogP contribution in [0.3, 0.4) is 0 Å². The highest BCUT2D eigenvalue weighted by Crippen LogP contribution is 2.48. The van der Waals surface area contributed by atoms with E-state index in [0.717, 1.165) is 25.0 Å². The first-order valence-corrected chi connectivity index (χ1v) is 10.2. The molecule has 0 radical (unpaired) electrons. The zero-order valence-electron chi connectivity index (χ0n) is 17.0. The maximum absolute atomic E-state index is 13.0.